The molecule has 0 aromatic rings. The van der Waals surface area contributed by atoms with Crippen LogP contribution in [0, 0.1) is 0 Å². The maximum Gasteiger partial charge on any atom is 0.306 e. The Morgan fingerprint density at radius 1 is 0.317 bits per heavy atom. The highest BCUT2D eigenvalue weighted by Crippen LogP contribution is 2.16. The second kappa shape index (κ2) is 52.3. The van der Waals surface area contributed by atoms with E-state index in [4.69, 9.17) is 14.2 Å². The Labute approximate surface area is 391 Å². The Kier molecular flexibility index (Phi) is 50.3. The first-order valence-corrected chi connectivity index (χ1v) is 27.5. The van der Waals surface area contributed by atoms with Gasteiger partial charge >= 0.3 is 17.9 Å². The maximum absolute atomic E-state index is 12.8. The lowest BCUT2D eigenvalue weighted by Crippen LogP contribution is -2.30. The lowest BCUT2D eigenvalue weighted by molar-refractivity contribution is -0.167. The molecule has 0 spiro atoms. The predicted octanol–water partition coefficient (Wildman–Crippen LogP) is 18.1. The molecule has 0 unspecified atom stereocenters. The van der Waals surface area contributed by atoms with Gasteiger partial charge in [-0.15, -0.1) is 0 Å². The second-order valence-electron chi connectivity index (χ2n) is 18.5. The Hall–Kier alpha value is -2.37. The van der Waals surface area contributed by atoms with Crippen molar-refractivity contribution in [3.8, 4) is 0 Å². The molecule has 0 N–H and O–H groups in total. The molecule has 0 aliphatic heterocycles. The summed E-state index contributed by atoms with van der Waals surface area (Å²) < 4.78 is 16.8. The molecule has 0 bridgehead atoms. The van der Waals surface area contributed by atoms with E-state index in [9.17, 15) is 14.4 Å². The minimum Gasteiger partial charge on any atom is -0.462 e. The van der Waals surface area contributed by atoms with Crippen molar-refractivity contribution >= 4 is 17.9 Å². The molecule has 0 aromatic carbocycles. The van der Waals surface area contributed by atoms with E-state index in [1.807, 2.05) is 0 Å². The van der Waals surface area contributed by atoms with Gasteiger partial charge in [0.05, 0.1) is 0 Å². The van der Waals surface area contributed by atoms with Crippen LogP contribution < -0.4 is 0 Å². The van der Waals surface area contributed by atoms with E-state index < -0.39 is 6.10 Å². The monoisotopic (exact) mass is 885 g/mol. The van der Waals surface area contributed by atoms with Crippen molar-refractivity contribution in [2.45, 2.75) is 297 Å². The largest absolute Gasteiger partial charge is 0.462 e. The number of rotatable bonds is 50. The first kappa shape index (κ1) is 60.6. The molecule has 0 rings (SSSR count). The number of carbonyl (C=O) groups is 3. The molecule has 0 aliphatic carbocycles. The van der Waals surface area contributed by atoms with Crippen LogP contribution in [0.3, 0.4) is 0 Å². The topological polar surface area (TPSA) is 78.9 Å². The first-order valence-electron chi connectivity index (χ1n) is 27.5. The molecule has 6 nitrogen and oxygen atoms in total. The summed E-state index contributed by atoms with van der Waals surface area (Å²) in [6.45, 7) is 6.62. The molecule has 63 heavy (non-hydrogen) atoms. The normalized spacial score (nSPS) is 12.2. The lowest BCUT2D eigenvalue weighted by atomic mass is 10.0. The minimum atomic E-state index is -0.774. The predicted molar refractivity (Wildman–Crippen MR) is 270 cm³/mol. The van der Waals surface area contributed by atoms with E-state index in [0.717, 1.165) is 70.6 Å². The standard InChI is InChI=1S/C57H104O6/c1-4-7-10-13-16-19-22-25-26-27-28-29-30-33-36-39-42-45-48-51-57(60)63-54(52-61-55(58)49-46-43-40-37-34-31-23-20-17-14-11-8-5-2)53-62-56(59)50-47-44-41-38-35-32-24-21-18-15-12-9-6-3/h16,19-20,23,25-26,54H,4-15,17-18,21-22,24,27-53H2,1-3H3/b19-16-,23-20-,26-25-/t54-/m1/s1. The van der Waals surface area contributed by atoms with Crippen LogP contribution in [0.1, 0.15) is 290 Å². The van der Waals surface area contributed by atoms with E-state index in [1.54, 1.807) is 0 Å². The highest BCUT2D eigenvalue weighted by molar-refractivity contribution is 5.71. The zero-order chi connectivity index (χ0) is 45.8. The molecular weight excluding hydrogens is 781 g/mol. The van der Waals surface area contributed by atoms with Crippen molar-refractivity contribution in [1.29, 1.82) is 0 Å². The van der Waals surface area contributed by atoms with Crippen molar-refractivity contribution in [3.05, 3.63) is 36.5 Å². The third-order valence-electron chi connectivity index (χ3n) is 12.1. The quantitative estimate of drug-likeness (QED) is 0.0262. The minimum absolute atomic E-state index is 0.0731. The zero-order valence-electron chi connectivity index (χ0n) is 42.1. The molecule has 0 aliphatic rings. The van der Waals surface area contributed by atoms with Crippen LogP contribution in [0.5, 0.6) is 0 Å². The van der Waals surface area contributed by atoms with Crippen LogP contribution in [0.25, 0.3) is 0 Å². The van der Waals surface area contributed by atoms with Crippen LogP contribution in [-0.4, -0.2) is 37.2 Å². The molecule has 0 saturated carbocycles. The first-order chi connectivity index (χ1) is 31.0. The van der Waals surface area contributed by atoms with Crippen molar-refractivity contribution in [2.24, 2.45) is 0 Å². The molecular formula is C57H104O6. The average molecular weight is 885 g/mol. The van der Waals surface area contributed by atoms with Crippen LogP contribution in [0.15, 0.2) is 36.5 Å². The average Bonchev–Trinajstić information content (AvgIpc) is 3.28. The number of ether oxygens (including phenoxy) is 3. The lowest BCUT2D eigenvalue weighted by Gasteiger charge is -2.18. The van der Waals surface area contributed by atoms with E-state index >= 15 is 0 Å². The summed E-state index contributed by atoms with van der Waals surface area (Å²) in [5, 5.41) is 0. The fourth-order valence-electron chi connectivity index (χ4n) is 7.94. The Balaban J connectivity index is 4.34. The third-order valence-corrected chi connectivity index (χ3v) is 12.1. The van der Waals surface area contributed by atoms with E-state index in [1.165, 1.54) is 180 Å². The van der Waals surface area contributed by atoms with Crippen molar-refractivity contribution in [3.63, 3.8) is 0 Å². The Bertz CT molecular complexity index is 1060. The number of hydrogen-bond acceptors (Lipinski definition) is 6. The van der Waals surface area contributed by atoms with Crippen molar-refractivity contribution in [2.75, 3.05) is 13.2 Å². The molecule has 0 fully saturated rings. The summed E-state index contributed by atoms with van der Waals surface area (Å²) in [5.74, 6) is -0.873. The van der Waals surface area contributed by atoms with E-state index in [0.29, 0.717) is 19.3 Å². The number of hydrogen-bond donors (Lipinski definition) is 0. The van der Waals surface area contributed by atoms with Gasteiger partial charge in [0.15, 0.2) is 6.10 Å². The summed E-state index contributed by atoms with van der Waals surface area (Å²) in [4.78, 5) is 38.0. The number of esters is 3. The maximum atomic E-state index is 12.8. The van der Waals surface area contributed by atoms with Gasteiger partial charge in [0, 0.05) is 19.3 Å². The van der Waals surface area contributed by atoms with Gasteiger partial charge in [0.1, 0.15) is 13.2 Å². The summed E-state index contributed by atoms with van der Waals surface area (Å²) in [6, 6.07) is 0. The smallest absolute Gasteiger partial charge is 0.306 e. The van der Waals surface area contributed by atoms with Crippen LogP contribution in [0.2, 0.25) is 0 Å². The fraction of sp³-hybridized carbons (Fsp3) is 0.842. The second-order valence-corrected chi connectivity index (χ2v) is 18.5. The van der Waals surface area contributed by atoms with Crippen LogP contribution in [-0.2, 0) is 28.6 Å². The summed E-state index contributed by atoms with van der Waals surface area (Å²) in [5.41, 5.74) is 0. The molecule has 1 atom stereocenters. The highest BCUT2D eigenvalue weighted by Gasteiger charge is 2.19. The molecule has 0 aromatic heterocycles. The van der Waals surface area contributed by atoms with Crippen molar-refractivity contribution in [1.82, 2.24) is 0 Å². The van der Waals surface area contributed by atoms with Crippen LogP contribution in [0.4, 0.5) is 0 Å². The Morgan fingerprint density at radius 3 is 0.937 bits per heavy atom. The SMILES string of the molecule is CCCCC/C=C\C/C=C\CCCCCCCCCCCC(=O)O[C@H](COC(=O)CCCCCCC/C=C\CCCCCC)COC(=O)CCCCCCCCCCCCCCC. The van der Waals surface area contributed by atoms with E-state index in [2.05, 4.69) is 57.2 Å². The summed E-state index contributed by atoms with van der Waals surface area (Å²) >= 11 is 0. The molecule has 0 saturated heterocycles. The van der Waals surface area contributed by atoms with Gasteiger partial charge in [0.2, 0.25) is 0 Å². The molecule has 368 valence electrons. The molecule has 0 radical (unpaired) electrons. The summed E-state index contributed by atoms with van der Waals surface area (Å²) in [6.07, 6.45) is 61.2. The number of carbonyl (C=O) groups excluding carboxylic acids is 3. The molecule has 0 heterocycles. The van der Waals surface area contributed by atoms with Gasteiger partial charge in [-0.25, -0.2) is 0 Å². The Morgan fingerprint density at radius 2 is 0.571 bits per heavy atom. The van der Waals surface area contributed by atoms with Gasteiger partial charge in [0.25, 0.3) is 0 Å². The molecule has 0 amide bonds. The van der Waals surface area contributed by atoms with E-state index in [-0.39, 0.29) is 31.1 Å². The third kappa shape index (κ3) is 50.5. The van der Waals surface area contributed by atoms with Gasteiger partial charge in [-0.1, -0.05) is 231 Å². The van der Waals surface area contributed by atoms with Crippen molar-refractivity contribution < 1.29 is 28.6 Å². The van der Waals surface area contributed by atoms with Crippen LogP contribution >= 0.6 is 0 Å². The van der Waals surface area contributed by atoms with Gasteiger partial charge in [-0.2, -0.15) is 0 Å². The molecule has 6 heteroatoms. The van der Waals surface area contributed by atoms with Gasteiger partial charge in [-0.3, -0.25) is 14.4 Å². The number of allylic oxidation sites excluding steroid dienone is 6. The summed E-state index contributed by atoms with van der Waals surface area (Å²) in [7, 11) is 0. The van der Waals surface area contributed by atoms with Gasteiger partial charge in [-0.05, 0) is 77.0 Å². The number of unbranched alkanes of at least 4 members (excludes halogenated alkanes) is 33. The fourth-order valence-corrected chi connectivity index (χ4v) is 7.94. The highest BCUT2D eigenvalue weighted by atomic mass is 16.6. The van der Waals surface area contributed by atoms with Gasteiger partial charge < -0.3 is 14.2 Å². The zero-order valence-corrected chi connectivity index (χ0v) is 42.1.